The second-order valence-electron chi connectivity index (χ2n) is 4.72. The Balaban J connectivity index is 2.60. The summed E-state index contributed by atoms with van der Waals surface area (Å²) in [4.78, 5) is 11.4. The number of hydrogen-bond donors (Lipinski definition) is 0. The van der Waals surface area contributed by atoms with Crippen LogP contribution in [0.4, 0.5) is 13.2 Å². The van der Waals surface area contributed by atoms with Crippen molar-refractivity contribution >= 4 is 15.8 Å². The maximum Gasteiger partial charge on any atom is 0.435 e. The fourth-order valence-electron chi connectivity index (χ4n) is 1.96. The van der Waals surface area contributed by atoms with Gasteiger partial charge in [0.15, 0.2) is 15.5 Å². The number of carbonyl (C=O) groups excluding carboxylic acids is 1. The Hall–Kier alpha value is -2.36. The average molecular weight is 362 g/mol. The molecule has 0 aliphatic rings. The van der Waals surface area contributed by atoms with E-state index in [-0.39, 0.29) is 21.9 Å². The van der Waals surface area contributed by atoms with Gasteiger partial charge < -0.3 is 4.74 Å². The third kappa shape index (κ3) is 3.42. The monoisotopic (exact) mass is 362 g/mol. The molecule has 0 radical (unpaired) electrons. The van der Waals surface area contributed by atoms with Crippen LogP contribution < -0.4 is 0 Å². The molecule has 10 heteroatoms. The van der Waals surface area contributed by atoms with Gasteiger partial charge in [-0.05, 0) is 24.3 Å². The molecule has 0 fully saturated rings. The zero-order valence-electron chi connectivity index (χ0n) is 12.7. The quantitative estimate of drug-likeness (QED) is 0.781. The number of aromatic nitrogens is 2. The molecule has 2 aromatic rings. The number of alkyl halides is 3. The summed E-state index contributed by atoms with van der Waals surface area (Å²) in [5, 5.41) is 3.38. The molecule has 0 saturated carbocycles. The first-order chi connectivity index (χ1) is 11.1. The van der Waals surface area contributed by atoms with Gasteiger partial charge in [-0.2, -0.15) is 18.3 Å². The van der Waals surface area contributed by atoms with Crippen LogP contribution in [0, 0.1) is 0 Å². The van der Waals surface area contributed by atoms with E-state index in [4.69, 9.17) is 0 Å². The maximum absolute atomic E-state index is 12.6. The third-order valence-corrected chi connectivity index (χ3v) is 5.00. The summed E-state index contributed by atoms with van der Waals surface area (Å²) in [6, 6.07) is 4.33. The van der Waals surface area contributed by atoms with Gasteiger partial charge in [0.2, 0.25) is 0 Å². The van der Waals surface area contributed by atoms with Gasteiger partial charge in [-0.1, -0.05) is 6.92 Å². The number of benzene rings is 1. The molecule has 6 nitrogen and oxygen atoms in total. The molecule has 0 N–H and O–H groups in total. The van der Waals surface area contributed by atoms with Crippen LogP contribution >= 0.6 is 0 Å². The minimum Gasteiger partial charge on any atom is -0.465 e. The predicted octanol–water partition coefficient (Wildman–Crippen LogP) is 2.47. The number of carbonyl (C=O) groups is 1. The summed E-state index contributed by atoms with van der Waals surface area (Å²) in [7, 11) is -2.70. The Morgan fingerprint density at radius 1 is 1.29 bits per heavy atom. The van der Waals surface area contributed by atoms with Gasteiger partial charge in [0.25, 0.3) is 0 Å². The Kier molecular flexibility index (Phi) is 4.70. The van der Waals surface area contributed by atoms with E-state index in [0.717, 1.165) is 30.1 Å². The number of sulfone groups is 1. The normalized spacial score (nSPS) is 12.2. The fourth-order valence-corrected chi connectivity index (χ4v) is 3.06. The van der Waals surface area contributed by atoms with Gasteiger partial charge in [-0.25, -0.2) is 17.9 Å². The van der Waals surface area contributed by atoms with Crippen molar-refractivity contribution in [3.05, 3.63) is 41.7 Å². The van der Waals surface area contributed by atoms with E-state index < -0.39 is 27.7 Å². The summed E-state index contributed by atoms with van der Waals surface area (Å²) in [5.41, 5.74) is -1.23. The van der Waals surface area contributed by atoms with Gasteiger partial charge in [0.05, 0.1) is 29.0 Å². The van der Waals surface area contributed by atoms with Crippen molar-refractivity contribution in [1.29, 1.82) is 0 Å². The van der Waals surface area contributed by atoms with Gasteiger partial charge in [0.1, 0.15) is 0 Å². The molecule has 0 aliphatic heterocycles. The van der Waals surface area contributed by atoms with Crippen LogP contribution in [-0.2, 0) is 20.8 Å². The fraction of sp³-hybridized carbons (Fsp3) is 0.286. The van der Waals surface area contributed by atoms with Crippen LogP contribution in [0.3, 0.4) is 0 Å². The highest BCUT2D eigenvalue weighted by atomic mass is 32.2. The van der Waals surface area contributed by atoms with E-state index in [1.165, 1.54) is 19.1 Å². The van der Waals surface area contributed by atoms with Crippen LogP contribution in [0.5, 0.6) is 0 Å². The summed E-state index contributed by atoms with van der Waals surface area (Å²) < 4.78 is 67.6. The van der Waals surface area contributed by atoms with Crippen LogP contribution in [0.15, 0.2) is 35.4 Å². The molecule has 0 saturated heterocycles. The number of methoxy groups -OCH3 is 1. The Labute approximate surface area is 135 Å². The molecule has 2 rings (SSSR count). The molecule has 0 atom stereocenters. The number of hydrogen-bond acceptors (Lipinski definition) is 5. The van der Waals surface area contributed by atoms with Gasteiger partial charge >= 0.3 is 12.1 Å². The Bertz CT molecular complexity index is 872. The van der Waals surface area contributed by atoms with Crippen molar-refractivity contribution in [1.82, 2.24) is 9.78 Å². The molecule has 130 valence electrons. The van der Waals surface area contributed by atoms with E-state index >= 15 is 0 Å². The molecule has 0 aliphatic carbocycles. The van der Waals surface area contributed by atoms with Crippen LogP contribution in [0.25, 0.3) is 5.69 Å². The maximum atomic E-state index is 12.6. The first-order valence-corrected chi connectivity index (χ1v) is 8.33. The number of nitrogens with zero attached hydrogens (tertiary/aromatic N) is 2. The lowest BCUT2D eigenvalue weighted by molar-refractivity contribution is -0.141. The number of halogens is 3. The summed E-state index contributed by atoms with van der Waals surface area (Å²) in [6.07, 6.45) is -3.56. The standard InChI is InChI=1S/C14H13F3N2O4S/c1-3-24(21,22)11-8-9(4-5-10(11)13(20)23-2)19-7-6-12(18-19)14(15,16)17/h4-8H,3H2,1-2H3. The second kappa shape index (κ2) is 6.27. The largest absolute Gasteiger partial charge is 0.465 e. The molecule has 1 aromatic carbocycles. The average Bonchev–Trinajstić information content (AvgIpc) is 3.03. The molecular formula is C14H13F3N2O4S. The number of rotatable bonds is 4. The van der Waals surface area contributed by atoms with Gasteiger partial charge in [-0.15, -0.1) is 0 Å². The van der Waals surface area contributed by atoms with Gasteiger partial charge in [0, 0.05) is 6.20 Å². The van der Waals surface area contributed by atoms with Crippen molar-refractivity contribution < 1.29 is 31.1 Å². The van der Waals surface area contributed by atoms with Crippen LogP contribution in [0.1, 0.15) is 23.0 Å². The molecule has 0 bridgehead atoms. The summed E-state index contributed by atoms with van der Waals surface area (Å²) in [5.74, 6) is -1.14. The number of esters is 1. The number of ether oxygens (including phenoxy) is 1. The van der Waals surface area contributed by atoms with Crippen molar-refractivity contribution in [2.75, 3.05) is 12.9 Å². The highest BCUT2D eigenvalue weighted by Gasteiger charge is 2.33. The third-order valence-electron chi connectivity index (χ3n) is 3.23. The van der Waals surface area contributed by atoms with Crippen molar-refractivity contribution in [2.45, 2.75) is 18.0 Å². The molecule has 0 spiro atoms. The lowest BCUT2D eigenvalue weighted by atomic mass is 10.2. The highest BCUT2D eigenvalue weighted by molar-refractivity contribution is 7.91. The Morgan fingerprint density at radius 3 is 2.46 bits per heavy atom. The first-order valence-electron chi connectivity index (χ1n) is 6.68. The first kappa shape index (κ1) is 18.0. The highest BCUT2D eigenvalue weighted by Crippen LogP contribution is 2.28. The molecule has 0 amide bonds. The van der Waals surface area contributed by atoms with E-state index in [1.54, 1.807) is 0 Å². The topological polar surface area (TPSA) is 78.3 Å². The zero-order valence-corrected chi connectivity index (χ0v) is 13.5. The van der Waals surface area contributed by atoms with Crippen molar-refractivity contribution in [3.63, 3.8) is 0 Å². The predicted molar refractivity (Wildman–Crippen MR) is 77.6 cm³/mol. The van der Waals surface area contributed by atoms with Crippen LogP contribution in [0.2, 0.25) is 0 Å². The second-order valence-corrected chi connectivity index (χ2v) is 6.97. The zero-order chi connectivity index (χ0) is 18.1. The van der Waals surface area contributed by atoms with E-state index in [2.05, 4.69) is 9.84 Å². The minimum atomic E-state index is -4.62. The molecule has 0 unspecified atom stereocenters. The van der Waals surface area contributed by atoms with E-state index in [0.29, 0.717) is 0 Å². The van der Waals surface area contributed by atoms with Crippen molar-refractivity contribution in [3.8, 4) is 5.69 Å². The molecule has 1 aromatic heterocycles. The van der Waals surface area contributed by atoms with Crippen molar-refractivity contribution in [2.24, 2.45) is 0 Å². The smallest absolute Gasteiger partial charge is 0.435 e. The van der Waals surface area contributed by atoms with Crippen LogP contribution in [-0.4, -0.2) is 37.0 Å². The molecule has 1 heterocycles. The molecular weight excluding hydrogens is 349 g/mol. The van der Waals surface area contributed by atoms with Gasteiger partial charge in [-0.3, -0.25) is 0 Å². The SMILES string of the molecule is CCS(=O)(=O)c1cc(-n2ccc(C(F)(F)F)n2)ccc1C(=O)OC. The van der Waals surface area contributed by atoms with E-state index in [9.17, 15) is 26.4 Å². The summed E-state index contributed by atoms with van der Waals surface area (Å²) in [6.45, 7) is 1.39. The Morgan fingerprint density at radius 2 is 1.96 bits per heavy atom. The summed E-state index contributed by atoms with van der Waals surface area (Å²) >= 11 is 0. The minimum absolute atomic E-state index is 0.0742. The van der Waals surface area contributed by atoms with E-state index in [1.807, 2.05) is 0 Å². The lowest BCUT2D eigenvalue weighted by Gasteiger charge is -2.10. The molecule has 24 heavy (non-hydrogen) atoms. The lowest BCUT2D eigenvalue weighted by Crippen LogP contribution is -2.13.